The highest BCUT2D eigenvalue weighted by molar-refractivity contribution is 5.33. The predicted molar refractivity (Wildman–Crippen MR) is 82.3 cm³/mol. The van der Waals surface area contributed by atoms with Gasteiger partial charge < -0.3 is 0 Å². The van der Waals surface area contributed by atoms with E-state index in [0.717, 1.165) is 24.8 Å². The molecule has 104 valence electrons. The van der Waals surface area contributed by atoms with Crippen molar-refractivity contribution in [1.82, 2.24) is 0 Å². The molecule has 1 nitrogen and oxygen atoms in total. The molecule has 0 radical (unpaired) electrons. The van der Waals surface area contributed by atoms with Gasteiger partial charge in [-0.15, -0.1) is 6.58 Å². The molecule has 2 fully saturated rings. The van der Waals surface area contributed by atoms with E-state index in [0.29, 0.717) is 23.8 Å². The summed E-state index contributed by atoms with van der Waals surface area (Å²) in [5.41, 5.74) is 1.44. The summed E-state index contributed by atoms with van der Waals surface area (Å²) < 4.78 is 25.8. The highest BCUT2D eigenvalue weighted by Crippen LogP contribution is 2.47. The van der Waals surface area contributed by atoms with Crippen molar-refractivity contribution in [2.24, 2.45) is 17.8 Å². The molecule has 1 aromatic carbocycles. The topological polar surface area (TPSA) is 23.8 Å². The number of nitriles is 1. The van der Waals surface area contributed by atoms with Crippen LogP contribution in [-0.2, 0) is 0 Å². The molecule has 20 heavy (non-hydrogen) atoms. The Morgan fingerprint density at radius 3 is 2.70 bits per heavy atom. The Labute approximate surface area is 126 Å². The maximum absolute atomic E-state index is 8.93. The van der Waals surface area contributed by atoms with Gasteiger partial charge in [0.1, 0.15) is 0 Å². The van der Waals surface area contributed by atoms with Crippen molar-refractivity contribution in [2.45, 2.75) is 44.4 Å². The number of hydrogen-bond donors (Lipinski definition) is 0. The fourth-order valence-electron chi connectivity index (χ4n) is 3.61. The van der Waals surface area contributed by atoms with Crippen molar-refractivity contribution in [3.63, 3.8) is 0 Å². The fourth-order valence-corrected chi connectivity index (χ4v) is 3.61. The van der Waals surface area contributed by atoms with Crippen LogP contribution in [0, 0.1) is 29.1 Å². The van der Waals surface area contributed by atoms with Gasteiger partial charge in [0.25, 0.3) is 0 Å². The predicted octanol–water partition coefficient (Wildman–Crippen LogP) is 5.04. The minimum atomic E-state index is -1.37. The molecule has 2 saturated carbocycles. The first-order valence-corrected chi connectivity index (χ1v) is 7.51. The second kappa shape index (κ2) is 5.83. The average Bonchev–Trinajstić information content (AvgIpc) is 2.54. The fraction of sp³-hybridized carbons (Fsp3) is 0.526. The summed E-state index contributed by atoms with van der Waals surface area (Å²) in [5.74, 6) is 0.636. The zero-order chi connectivity index (χ0) is 16.6. The number of nitrogens with zero attached hydrogens (tertiary/aromatic N) is 1. The molecule has 0 spiro atoms. The molecule has 0 heterocycles. The summed E-state index contributed by atoms with van der Waals surface area (Å²) in [6, 6.07) is 9.23. The average molecular weight is 268 g/mol. The third-order valence-electron chi connectivity index (χ3n) is 4.85. The Kier molecular flexibility index (Phi) is 2.98. The lowest BCUT2D eigenvalue weighted by atomic mass is 9.64. The number of fused-ring (bicyclic) bond motifs is 1. The minimum Gasteiger partial charge on any atom is -0.192 e. The van der Waals surface area contributed by atoms with Gasteiger partial charge in [-0.3, -0.25) is 0 Å². The number of hydrogen-bond acceptors (Lipinski definition) is 1. The van der Waals surface area contributed by atoms with Crippen molar-refractivity contribution in [3.05, 3.63) is 48.0 Å². The standard InChI is InChI=1S/C19H23N/c1-2-14-3-8-19-12-18(10-9-17(19)11-14)16-6-4-15(13-20)5-7-16/h2,4-7,14,17-19H,1,3,8-12H2/i10D2,12D. The summed E-state index contributed by atoms with van der Waals surface area (Å²) in [5, 5.41) is 8.93. The van der Waals surface area contributed by atoms with Gasteiger partial charge in [-0.1, -0.05) is 18.2 Å². The third-order valence-corrected chi connectivity index (χ3v) is 4.85. The van der Waals surface area contributed by atoms with Gasteiger partial charge in [-0.25, -0.2) is 0 Å². The minimum absolute atomic E-state index is 0.274. The van der Waals surface area contributed by atoms with Gasteiger partial charge in [-0.05, 0) is 79.8 Å². The monoisotopic (exact) mass is 268 g/mol. The SMILES string of the molecule is [2H]C1C2CCC(C=C)CC2CC([2H])([2H])C1c1ccc(C#N)cc1. The van der Waals surface area contributed by atoms with Gasteiger partial charge in [0.05, 0.1) is 11.6 Å². The maximum Gasteiger partial charge on any atom is 0.0991 e. The first kappa shape index (κ1) is 10.2. The molecular weight excluding hydrogens is 242 g/mol. The zero-order valence-electron chi connectivity index (χ0n) is 14.8. The van der Waals surface area contributed by atoms with E-state index in [9.17, 15) is 0 Å². The third kappa shape index (κ3) is 2.66. The smallest absolute Gasteiger partial charge is 0.0991 e. The molecule has 0 N–H and O–H groups in total. The molecule has 1 aromatic rings. The van der Waals surface area contributed by atoms with E-state index >= 15 is 0 Å². The largest absolute Gasteiger partial charge is 0.192 e. The highest BCUT2D eigenvalue weighted by atomic mass is 14.4. The van der Waals surface area contributed by atoms with Crippen LogP contribution in [0.3, 0.4) is 0 Å². The van der Waals surface area contributed by atoms with Crippen LogP contribution in [0.5, 0.6) is 0 Å². The van der Waals surface area contributed by atoms with Crippen molar-refractivity contribution in [1.29, 1.82) is 5.26 Å². The first-order valence-electron chi connectivity index (χ1n) is 9.09. The van der Waals surface area contributed by atoms with Crippen LogP contribution < -0.4 is 0 Å². The van der Waals surface area contributed by atoms with Crippen molar-refractivity contribution < 1.29 is 4.11 Å². The van der Waals surface area contributed by atoms with E-state index in [1.54, 1.807) is 12.1 Å². The molecule has 0 aromatic heterocycles. The first-order chi connectivity index (χ1) is 11.0. The number of allylic oxidation sites excluding steroid dienone is 1. The summed E-state index contributed by atoms with van der Waals surface area (Å²) in [4.78, 5) is 0. The molecule has 3 rings (SSSR count). The molecule has 0 bridgehead atoms. The van der Waals surface area contributed by atoms with Gasteiger partial charge in [0, 0.05) is 4.11 Å². The zero-order valence-corrected chi connectivity index (χ0v) is 11.8. The van der Waals surface area contributed by atoms with E-state index in [1.807, 2.05) is 18.2 Å². The molecule has 5 atom stereocenters. The molecule has 0 saturated heterocycles. The van der Waals surface area contributed by atoms with E-state index < -0.39 is 18.7 Å². The second-order valence-electron chi connectivity index (χ2n) is 6.04. The van der Waals surface area contributed by atoms with Gasteiger partial charge in [0.15, 0.2) is 0 Å². The maximum atomic E-state index is 8.93. The van der Waals surface area contributed by atoms with Crippen LogP contribution in [0.1, 0.15) is 59.6 Å². The van der Waals surface area contributed by atoms with Crippen molar-refractivity contribution in [2.75, 3.05) is 0 Å². The Hall–Kier alpha value is -1.55. The molecule has 5 unspecified atom stereocenters. The van der Waals surface area contributed by atoms with Crippen LogP contribution >= 0.6 is 0 Å². The molecule has 2 aliphatic rings. The van der Waals surface area contributed by atoms with Crippen LogP contribution in [0.15, 0.2) is 36.9 Å². The Balaban J connectivity index is 1.89. The van der Waals surface area contributed by atoms with E-state index in [2.05, 4.69) is 12.6 Å². The second-order valence-corrected chi connectivity index (χ2v) is 6.04. The molecular formula is C19H23N. The molecule has 0 aliphatic heterocycles. The van der Waals surface area contributed by atoms with Crippen LogP contribution in [-0.4, -0.2) is 0 Å². The van der Waals surface area contributed by atoms with Crippen LogP contribution in [0.4, 0.5) is 0 Å². The summed E-state index contributed by atoms with van der Waals surface area (Å²) in [6.45, 7) is 3.89. The Bertz CT molecular complexity index is 616. The number of rotatable bonds is 2. The van der Waals surface area contributed by atoms with Crippen molar-refractivity contribution in [3.8, 4) is 6.07 Å². The van der Waals surface area contributed by atoms with Crippen LogP contribution in [0.2, 0.25) is 0 Å². The summed E-state index contributed by atoms with van der Waals surface area (Å²) in [7, 11) is 0. The number of benzene rings is 1. The lowest BCUT2D eigenvalue weighted by molar-refractivity contribution is 0.133. The highest BCUT2D eigenvalue weighted by Gasteiger charge is 2.35. The van der Waals surface area contributed by atoms with E-state index in [-0.39, 0.29) is 5.92 Å². The molecule has 1 heteroatoms. The van der Waals surface area contributed by atoms with Gasteiger partial charge in [0.2, 0.25) is 0 Å². The van der Waals surface area contributed by atoms with Crippen LogP contribution in [0.25, 0.3) is 0 Å². The quantitative estimate of drug-likeness (QED) is 0.689. The molecule has 2 aliphatic carbocycles. The van der Waals surface area contributed by atoms with E-state index in [1.165, 1.54) is 0 Å². The normalized spacial score (nSPS) is 41.4. The van der Waals surface area contributed by atoms with Gasteiger partial charge >= 0.3 is 0 Å². The summed E-state index contributed by atoms with van der Waals surface area (Å²) in [6.07, 6.45) is 3.79. The van der Waals surface area contributed by atoms with E-state index in [4.69, 9.17) is 9.37 Å². The van der Waals surface area contributed by atoms with Crippen molar-refractivity contribution >= 4 is 0 Å². The Morgan fingerprint density at radius 2 is 2.00 bits per heavy atom. The summed E-state index contributed by atoms with van der Waals surface area (Å²) >= 11 is 0. The van der Waals surface area contributed by atoms with Gasteiger partial charge in [-0.2, -0.15) is 5.26 Å². The Morgan fingerprint density at radius 1 is 1.20 bits per heavy atom. The lowest BCUT2D eigenvalue weighted by Crippen LogP contribution is -2.29. The molecule has 0 amide bonds. The lowest BCUT2D eigenvalue weighted by Gasteiger charge is -2.41.